The molecule has 3 rings (SSSR count). The number of fused-ring (bicyclic) bond motifs is 1. The van der Waals surface area contributed by atoms with Crippen molar-refractivity contribution in [1.29, 1.82) is 0 Å². The van der Waals surface area contributed by atoms with Crippen molar-refractivity contribution in [2.45, 2.75) is 38.1 Å². The summed E-state index contributed by atoms with van der Waals surface area (Å²) in [6.07, 6.45) is 6.09. The van der Waals surface area contributed by atoms with Crippen LogP contribution in [0.5, 0.6) is 0 Å². The van der Waals surface area contributed by atoms with Gasteiger partial charge in [-0.1, -0.05) is 19.3 Å². The van der Waals surface area contributed by atoms with Crippen molar-refractivity contribution >= 4 is 22.4 Å². The lowest BCUT2D eigenvalue weighted by atomic mass is 9.94. The van der Waals surface area contributed by atoms with Crippen LogP contribution in [0.15, 0.2) is 12.1 Å². The minimum atomic E-state index is -0.421. The molecule has 7 nitrogen and oxygen atoms in total. The lowest BCUT2D eigenvalue weighted by molar-refractivity contribution is -0.383. The predicted molar refractivity (Wildman–Crippen MR) is 75.8 cm³/mol. The molecule has 0 amide bonds. The van der Waals surface area contributed by atoms with E-state index in [1.54, 1.807) is 6.07 Å². The highest BCUT2D eigenvalue weighted by atomic mass is 16.6. The summed E-state index contributed by atoms with van der Waals surface area (Å²) in [5.41, 5.74) is 1.81. The number of anilines is 1. The second-order valence-corrected chi connectivity index (χ2v) is 5.28. The minimum absolute atomic E-state index is 0.00505. The van der Waals surface area contributed by atoms with E-state index in [0.29, 0.717) is 17.1 Å². The number of H-pyrrole nitrogens is 1. The number of hydrogen-bond acceptors (Lipinski definition) is 5. The van der Waals surface area contributed by atoms with Crippen LogP contribution in [0.3, 0.4) is 0 Å². The van der Waals surface area contributed by atoms with E-state index in [1.165, 1.54) is 25.3 Å². The Morgan fingerprint density at radius 2 is 1.95 bits per heavy atom. The fourth-order valence-corrected chi connectivity index (χ4v) is 3.00. The zero-order chi connectivity index (χ0) is 14.1. The Bertz CT molecular complexity index is 633. The molecule has 1 aromatic carbocycles. The Morgan fingerprint density at radius 3 is 2.65 bits per heavy atom. The molecule has 20 heavy (non-hydrogen) atoms. The molecule has 0 saturated heterocycles. The Labute approximate surface area is 116 Å². The molecule has 0 spiro atoms. The van der Waals surface area contributed by atoms with Gasteiger partial charge >= 0.3 is 0 Å². The van der Waals surface area contributed by atoms with E-state index in [4.69, 9.17) is 0 Å². The second-order valence-electron chi connectivity index (χ2n) is 5.28. The standard InChI is InChI=1S/C13H17N5O2/c1-17(9-5-3-2-4-6-9)10-7-8-11(18(19)20)13-12(10)14-16-15-13/h7-9H,2-6H2,1H3,(H,14,15,16). The molecule has 0 radical (unpaired) electrons. The average Bonchev–Trinajstić information content (AvgIpc) is 2.95. The Hall–Kier alpha value is -2.18. The van der Waals surface area contributed by atoms with Crippen molar-refractivity contribution in [3.05, 3.63) is 22.2 Å². The minimum Gasteiger partial charge on any atom is -0.370 e. The number of rotatable bonds is 3. The maximum absolute atomic E-state index is 11.0. The molecule has 1 saturated carbocycles. The number of aromatic nitrogens is 3. The van der Waals surface area contributed by atoms with E-state index in [0.717, 1.165) is 18.5 Å². The fourth-order valence-electron chi connectivity index (χ4n) is 3.00. The first-order valence-corrected chi connectivity index (χ1v) is 6.89. The van der Waals surface area contributed by atoms with E-state index in [1.807, 2.05) is 7.05 Å². The first-order valence-electron chi connectivity index (χ1n) is 6.89. The van der Waals surface area contributed by atoms with Crippen molar-refractivity contribution in [3.8, 4) is 0 Å². The highest BCUT2D eigenvalue weighted by molar-refractivity contribution is 5.94. The monoisotopic (exact) mass is 275 g/mol. The van der Waals surface area contributed by atoms with Crippen molar-refractivity contribution in [2.24, 2.45) is 0 Å². The largest absolute Gasteiger partial charge is 0.370 e. The van der Waals surface area contributed by atoms with Gasteiger partial charge < -0.3 is 4.90 Å². The van der Waals surface area contributed by atoms with Gasteiger partial charge in [0.05, 0.1) is 10.6 Å². The summed E-state index contributed by atoms with van der Waals surface area (Å²) < 4.78 is 0. The van der Waals surface area contributed by atoms with Crippen molar-refractivity contribution in [2.75, 3.05) is 11.9 Å². The van der Waals surface area contributed by atoms with Gasteiger partial charge in [0.25, 0.3) is 5.69 Å². The van der Waals surface area contributed by atoms with Crippen LogP contribution >= 0.6 is 0 Å². The number of hydrogen-bond donors (Lipinski definition) is 1. The number of nitrogens with zero attached hydrogens (tertiary/aromatic N) is 4. The third kappa shape index (κ3) is 2.09. The number of nitro benzene ring substituents is 1. The van der Waals surface area contributed by atoms with Crippen LogP contribution in [-0.2, 0) is 0 Å². The Kier molecular flexibility index (Phi) is 3.25. The number of aromatic amines is 1. The van der Waals surface area contributed by atoms with Gasteiger partial charge in [-0.05, 0) is 18.9 Å². The van der Waals surface area contributed by atoms with E-state index >= 15 is 0 Å². The molecular formula is C13H17N5O2. The maximum Gasteiger partial charge on any atom is 0.299 e. The van der Waals surface area contributed by atoms with Crippen molar-refractivity contribution < 1.29 is 4.92 Å². The van der Waals surface area contributed by atoms with E-state index in [2.05, 4.69) is 20.3 Å². The van der Waals surface area contributed by atoms with E-state index < -0.39 is 4.92 Å². The third-order valence-corrected chi connectivity index (χ3v) is 4.13. The summed E-state index contributed by atoms with van der Waals surface area (Å²) >= 11 is 0. The van der Waals surface area contributed by atoms with Crippen LogP contribution in [0, 0.1) is 10.1 Å². The van der Waals surface area contributed by atoms with Crippen LogP contribution < -0.4 is 4.90 Å². The molecule has 106 valence electrons. The first-order chi connectivity index (χ1) is 9.68. The molecule has 1 heterocycles. The third-order valence-electron chi connectivity index (χ3n) is 4.13. The molecule has 1 aliphatic rings. The molecule has 1 fully saturated rings. The summed E-state index contributed by atoms with van der Waals surface area (Å²) in [4.78, 5) is 12.8. The highest BCUT2D eigenvalue weighted by Gasteiger charge is 2.24. The molecule has 7 heteroatoms. The smallest absolute Gasteiger partial charge is 0.299 e. The van der Waals surface area contributed by atoms with Gasteiger partial charge in [0.1, 0.15) is 5.52 Å². The zero-order valence-electron chi connectivity index (χ0n) is 11.4. The lowest BCUT2D eigenvalue weighted by Crippen LogP contribution is -2.33. The van der Waals surface area contributed by atoms with Gasteiger partial charge in [-0.15, -0.1) is 5.10 Å². The molecule has 0 aliphatic heterocycles. The lowest BCUT2D eigenvalue weighted by Gasteiger charge is -2.32. The Morgan fingerprint density at radius 1 is 1.25 bits per heavy atom. The summed E-state index contributed by atoms with van der Waals surface area (Å²) in [6, 6.07) is 3.77. The van der Waals surface area contributed by atoms with Crippen molar-refractivity contribution in [3.63, 3.8) is 0 Å². The SMILES string of the molecule is CN(c1ccc([N+](=O)[O-])c2n[nH]nc12)C1CCCCC1. The van der Waals surface area contributed by atoms with Crippen LogP contribution in [0.1, 0.15) is 32.1 Å². The summed E-state index contributed by atoms with van der Waals surface area (Å²) in [5, 5.41) is 21.5. The average molecular weight is 275 g/mol. The van der Waals surface area contributed by atoms with E-state index in [9.17, 15) is 10.1 Å². The molecular weight excluding hydrogens is 258 g/mol. The zero-order valence-corrected chi connectivity index (χ0v) is 11.4. The summed E-state index contributed by atoms with van der Waals surface area (Å²) in [7, 11) is 2.03. The van der Waals surface area contributed by atoms with Crippen LogP contribution in [-0.4, -0.2) is 33.4 Å². The maximum atomic E-state index is 11.0. The highest BCUT2D eigenvalue weighted by Crippen LogP contribution is 2.33. The second kappa shape index (κ2) is 5.07. The molecule has 1 aromatic heterocycles. The molecule has 1 N–H and O–H groups in total. The Balaban J connectivity index is 2.01. The molecule has 2 aromatic rings. The summed E-state index contributed by atoms with van der Waals surface area (Å²) in [6.45, 7) is 0. The van der Waals surface area contributed by atoms with Gasteiger partial charge in [-0.25, -0.2) is 0 Å². The first kappa shape index (κ1) is 12.8. The van der Waals surface area contributed by atoms with Crippen LogP contribution in [0.4, 0.5) is 11.4 Å². The van der Waals surface area contributed by atoms with Gasteiger partial charge in [-0.3, -0.25) is 10.1 Å². The van der Waals surface area contributed by atoms with Gasteiger partial charge in [0.15, 0.2) is 5.52 Å². The molecule has 0 atom stereocenters. The molecule has 0 unspecified atom stereocenters. The quantitative estimate of drug-likeness (QED) is 0.687. The topological polar surface area (TPSA) is 88.0 Å². The normalized spacial score (nSPS) is 16.4. The van der Waals surface area contributed by atoms with Crippen LogP contribution in [0.2, 0.25) is 0 Å². The number of nitro groups is 1. The van der Waals surface area contributed by atoms with Crippen LogP contribution in [0.25, 0.3) is 11.0 Å². The molecule has 1 aliphatic carbocycles. The van der Waals surface area contributed by atoms with E-state index in [-0.39, 0.29) is 5.69 Å². The molecule has 0 bridgehead atoms. The number of benzene rings is 1. The van der Waals surface area contributed by atoms with Gasteiger partial charge in [-0.2, -0.15) is 10.3 Å². The number of non-ortho nitro benzene ring substituents is 1. The summed E-state index contributed by atoms with van der Waals surface area (Å²) in [5.74, 6) is 0. The fraction of sp³-hybridized carbons (Fsp3) is 0.538. The van der Waals surface area contributed by atoms with Gasteiger partial charge in [0, 0.05) is 19.2 Å². The number of nitrogens with one attached hydrogen (secondary N) is 1. The van der Waals surface area contributed by atoms with Crippen molar-refractivity contribution in [1.82, 2.24) is 15.4 Å². The van der Waals surface area contributed by atoms with Gasteiger partial charge in [0.2, 0.25) is 0 Å². The predicted octanol–water partition coefficient (Wildman–Crippen LogP) is 2.64.